The Morgan fingerprint density at radius 2 is 2.13 bits per heavy atom. The molecule has 0 spiro atoms. The maximum absolute atomic E-state index is 11.2. The van der Waals surface area contributed by atoms with Gasteiger partial charge in [-0.05, 0) is 25.3 Å². The molecule has 0 saturated carbocycles. The lowest BCUT2D eigenvalue weighted by Crippen LogP contribution is -2.29. The minimum Gasteiger partial charge on any atom is -0.375 e. The van der Waals surface area contributed by atoms with E-state index < -0.39 is 0 Å². The van der Waals surface area contributed by atoms with E-state index in [1.54, 1.807) is 11.8 Å². The summed E-state index contributed by atoms with van der Waals surface area (Å²) in [6.45, 7) is 2.91. The highest BCUT2D eigenvalue weighted by Crippen LogP contribution is 2.24. The van der Waals surface area contributed by atoms with Crippen molar-refractivity contribution < 1.29 is 4.79 Å². The first-order valence-electron chi connectivity index (χ1n) is 4.91. The van der Waals surface area contributed by atoms with Crippen molar-refractivity contribution >= 4 is 23.4 Å². The van der Waals surface area contributed by atoms with Crippen LogP contribution in [0.15, 0.2) is 29.2 Å². The van der Waals surface area contributed by atoms with Crippen LogP contribution in [-0.4, -0.2) is 25.3 Å². The van der Waals surface area contributed by atoms with E-state index in [4.69, 9.17) is 0 Å². The van der Waals surface area contributed by atoms with Crippen molar-refractivity contribution in [2.75, 3.05) is 24.7 Å². The molecule has 82 valence electrons. The second-order valence-electron chi connectivity index (χ2n) is 3.01. The molecule has 0 saturated heterocycles. The first kappa shape index (κ1) is 11.9. The summed E-state index contributed by atoms with van der Waals surface area (Å²) in [5, 5.41) is 5.86. The molecule has 0 fully saturated rings. The van der Waals surface area contributed by atoms with Crippen molar-refractivity contribution in [1.82, 2.24) is 5.32 Å². The molecule has 0 aliphatic rings. The molecular formula is C11H16N2OS. The highest BCUT2D eigenvalue weighted by atomic mass is 32.2. The minimum absolute atomic E-state index is 0.0217. The summed E-state index contributed by atoms with van der Waals surface area (Å²) in [5.74, 6) is 0.0217. The Labute approximate surface area is 94.6 Å². The molecule has 0 atom stereocenters. The Bertz CT molecular complexity index is 328. The number of benzene rings is 1. The number of amides is 1. The summed E-state index contributed by atoms with van der Waals surface area (Å²) in [5.41, 5.74) is 1.01. The highest BCUT2D eigenvalue weighted by molar-refractivity contribution is 7.98. The molecule has 0 aromatic heterocycles. The maximum atomic E-state index is 11.2. The lowest BCUT2D eigenvalue weighted by atomic mass is 10.3. The largest absolute Gasteiger partial charge is 0.375 e. The zero-order valence-corrected chi connectivity index (χ0v) is 9.86. The van der Waals surface area contributed by atoms with Gasteiger partial charge in [-0.25, -0.2) is 0 Å². The van der Waals surface area contributed by atoms with Crippen molar-refractivity contribution in [3.63, 3.8) is 0 Å². The minimum atomic E-state index is 0.0217. The Kier molecular flexibility index (Phi) is 5.04. The normalized spacial score (nSPS) is 9.73. The summed E-state index contributed by atoms with van der Waals surface area (Å²) in [7, 11) is 0. The Balaban J connectivity index is 2.53. The molecule has 15 heavy (non-hydrogen) atoms. The van der Waals surface area contributed by atoms with Gasteiger partial charge in [0.25, 0.3) is 0 Å². The number of rotatable bonds is 5. The van der Waals surface area contributed by atoms with Crippen molar-refractivity contribution in [3.05, 3.63) is 24.3 Å². The standard InChI is InChI=1S/C11H16N2OS/c1-3-12-11(14)8-13-9-6-4-5-7-10(9)15-2/h4-7,13H,3,8H2,1-2H3,(H,12,14). The fourth-order valence-electron chi connectivity index (χ4n) is 1.23. The molecule has 0 bridgehead atoms. The van der Waals surface area contributed by atoms with E-state index in [1.807, 2.05) is 37.4 Å². The second kappa shape index (κ2) is 6.35. The highest BCUT2D eigenvalue weighted by Gasteiger charge is 2.02. The lowest BCUT2D eigenvalue weighted by Gasteiger charge is -2.09. The van der Waals surface area contributed by atoms with Gasteiger partial charge in [0.1, 0.15) is 0 Å². The molecule has 1 aromatic carbocycles. The third-order valence-corrected chi connectivity index (χ3v) is 2.72. The first-order valence-corrected chi connectivity index (χ1v) is 6.14. The molecule has 1 aromatic rings. The van der Waals surface area contributed by atoms with Gasteiger partial charge in [-0.2, -0.15) is 0 Å². The van der Waals surface area contributed by atoms with Crippen LogP contribution in [0, 0.1) is 0 Å². The molecule has 0 aliphatic carbocycles. The second-order valence-corrected chi connectivity index (χ2v) is 3.86. The Hall–Kier alpha value is -1.16. The van der Waals surface area contributed by atoms with Gasteiger partial charge in [-0.3, -0.25) is 4.79 Å². The molecule has 0 unspecified atom stereocenters. The van der Waals surface area contributed by atoms with Crippen LogP contribution in [0.2, 0.25) is 0 Å². The third kappa shape index (κ3) is 3.83. The fraction of sp³-hybridized carbons (Fsp3) is 0.364. The number of carbonyl (C=O) groups excluding carboxylic acids is 1. The van der Waals surface area contributed by atoms with Crippen molar-refractivity contribution in [3.8, 4) is 0 Å². The van der Waals surface area contributed by atoms with E-state index in [2.05, 4.69) is 10.6 Å². The lowest BCUT2D eigenvalue weighted by molar-refractivity contribution is -0.119. The fourth-order valence-corrected chi connectivity index (χ4v) is 1.80. The number of carbonyl (C=O) groups is 1. The van der Waals surface area contributed by atoms with Crippen LogP contribution in [0.4, 0.5) is 5.69 Å². The van der Waals surface area contributed by atoms with Crippen LogP contribution in [-0.2, 0) is 4.79 Å². The number of hydrogen-bond donors (Lipinski definition) is 2. The Morgan fingerprint density at radius 3 is 2.80 bits per heavy atom. The van der Waals surface area contributed by atoms with E-state index >= 15 is 0 Å². The maximum Gasteiger partial charge on any atom is 0.239 e. The zero-order valence-electron chi connectivity index (χ0n) is 9.04. The van der Waals surface area contributed by atoms with Gasteiger partial charge in [0.05, 0.1) is 6.54 Å². The monoisotopic (exact) mass is 224 g/mol. The van der Waals surface area contributed by atoms with Gasteiger partial charge < -0.3 is 10.6 Å². The van der Waals surface area contributed by atoms with Crippen LogP contribution in [0.3, 0.4) is 0 Å². The van der Waals surface area contributed by atoms with Crippen LogP contribution in [0.1, 0.15) is 6.92 Å². The average molecular weight is 224 g/mol. The molecule has 4 heteroatoms. The number of anilines is 1. The number of thioether (sulfide) groups is 1. The predicted octanol–water partition coefficient (Wildman–Crippen LogP) is 1.96. The van der Waals surface area contributed by atoms with Crippen molar-refractivity contribution in [2.24, 2.45) is 0 Å². The van der Waals surface area contributed by atoms with Crippen LogP contribution < -0.4 is 10.6 Å². The molecule has 2 N–H and O–H groups in total. The first-order chi connectivity index (χ1) is 7.27. The van der Waals surface area contributed by atoms with E-state index in [0.29, 0.717) is 13.1 Å². The smallest absolute Gasteiger partial charge is 0.239 e. The summed E-state index contributed by atoms with van der Waals surface area (Å²) < 4.78 is 0. The molecule has 1 amide bonds. The van der Waals surface area contributed by atoms with Gasteiger partial charge in [0.2, 0.25) is 5.91 Å². The van der Waals surface area contributed by atoms with E-state index in [0.717, 1.165) is 10.6 Å². The van der Waals surface area contributed by atoms with E-state index in [1.165, 1.54) is 0 Å². The van der Waals surface area contributed by atoms with E-state index in [-0.39, 0.29) is 5.91 Å². The van der Waals surface area contributed by atoms with Gasteiger partial charge in [-0.15, -0.1) is 11.8 Å². The molecule has 0 aliphatic heterocycles. The van der Waals surface area contributed by atoms with Crippen molar-refractivity contribution in [1.29, 1.82) is 0 Å². The average Bonchev–Trinajstić information content (AvgIpc) is 2.27. The molecular weight excluding hydrogens is 208 g/mol. The number of hydrogen-bond acceptors (Lipinski definition) is 3. The summed E-state index contributed by atoms with van der Waals surface area (Å²) in [6.07, 6.45) is 2.02. The third-order valence-electron chi connectivity index (χ3n) is 1.92. The van der Waals surface area contributed by atoms with Gasteiger partial charge >= 0.3 is 0 Å². The SMILES string of the molecule is CCNC(=O)CNc1ccccc1SC. The van der Waals surface area contributed by atoms with E-state index in [9.17, 15) is 4.79 Å². The van der Waals surface area contributed by atoms with Crippen LogP contribution in [0.25, 0.3) is 0 Å². The Morgan fingerprint density at radius 1 is 1.40 bits per heavy atom. The summed E-state index contributed by atoms with van der Waals surface area (Å²) >= 11 is 1.67. The van der Waals surface area contributed by atoms with Gasteiger partial charge in [-0.1, -0.05) is 12.1 Å². The topological polar surface area (TPSA) is 41.1 Å². The molecule has 0 heterocycles. The zero-order chi connectivity index (χ0) is 11.1. The predicted molar refractivity (Wildman–Crippen MR) is 65.4 cm³/mol. The molecule has 3 nitrogen and oxygen atoms in total. The summed E-state index contributed by atoms with van der Waals surface area (Å²) in [6, 6.07) is 7.96. The number of para-hydroxylation sites is 1. The van der Waals surface area contributed by atoms with Crippen LogP contribution >= 0.6 is 11.8 Å². The number of likely N-dealkylation sites (N-methyl/N-ethyl adjacent to an activating group) is 1. The van der Waals surface area contributed by atoms with Gasteiger partial charge in [0, 0.05) is 17.1 Å². The van der Waals surface area contributed by atoms with Crippen molar-refractivity contribution in [2.45, 2.75) is 11.8 Å². The van der Waals surface area contributed by atoms with Gasteiger partial charge in [0.15, 0.2) is 0 Å². The summed E-state index contributed by atoms with van der Waals surface area (Å²) in [4.78, 5) is 12.4. The molecule has 0 radical (unpaired) electrons. The van der Waals surface area contributed by atoms with Crippen LogP contribution in [0.5, 0.6) is 0 Å². The molecule has 1 rings (SSSR count). The quantitative estimate of drug-likeness (QED) is 0.751. The number of nitrogens with one attached hydrogen (secondary N) is 2.